The average molecular weight is 671 g/mol. The zero-order valence-electron chi connectivity index (χ0n) is 24.2. The molecule has 2 amide bonds. The van der Waals surface area contributed by atoms with E-state index in [9.17, 15) is 22.8 Å². The van der Waals surface area contributed by atoms with Crippen LogP contribution in [0.25, 0.3) is 0 Å². The Balaban J connectivity index is 1.50. The van der Waals surface area contributed by atoms with Crippen molar-refractivity contribution in [2.24, 2.45) is 0 Å². The maximum atomic E-state index is 13.9. The number of sulfonamides is 1. The summed E-state index contributed by atoms with van der Waals surface area (Å²) in [6.07, 6.45) is 2.21. The summed E-state index contributed by atoms with van der Waals surface area (Å²) in [5.41, 5.74) is 1.11. The average Bonchev–Trinajstić information content (AvgIpc) is 3.49. The highest BCUT2D eigenvalue weighted by molar-refractivity contribution is 9.10. The van der Waals surface area contributed by atoms with Gasteiger partial charge in [-0.3, -0.25) is 9.59 Å². The molecule has 0 aliphatic heterocycles. The van der Waals surface area contributed by atoms with E-state index >= 15 is 0 Å². The second kappa shape index (κ2) is 14.3. The van der Waals surface area contributed by atoms with Gasteiger partial charge >= 0.3 is 5.97 Å². The molecule has 1 atom stereocenters. The Morgan fingerprint density at radius 3 is 2.19 bits per heavy atom. The van der Waals surface area contributed by atoms with Crippen LogP contribution >= 0.6 is 15.9 Å². The molecule has 3 aromatic rings. The largest absolute Gasteiger partial charge is 0.464 e. The number of carbonyl (C=O) groups excluding carboxylic acids is 3. The first-order valence-electron chi connectivity index (χ1n) is 14.2. The maximum Gasteiger partial charge on any atom is 0.328 e. The minimum absolute atomic E-state index is 0.125. The van der Waals surface area contributed by atoms with Gasteiger partial charge in [0.1, 0.15) is 11.6 Å². The van der Waals surface area contributed by atoms with E-state index in [0.29, 0.717) is 47.0 Å². The Morgan fingerprint density at radius 2 is 1.56 bits per heavy atom. The van der Waals surface area contributed by atoms with Gasteiger partial charge in [0, 0.05) is 23.6 Å². The van der Waals surface area contributed by atoms with Crippen LogP contribution in [0.4, 0.5) is 5.69 Å². The molecule has 0 saturated heterocycles. The van der Waals surface area contributed by atoms with Crippen molar-refractivity contribution in [1.82, 2.24) is 9.62 Å². The molecule has 1 fully saturated rings. The minimum Gasteiger partial charge on any atom is -0.464 e. The Morgan fingerprint density at radius 1 is 0.930 bits per heavy atom. The second-order valence-electron chi connectivity index (χ2n) is 10.6. The van der Waals surface area contributed by atoms with E-state index in [4.69, 9.17) is 4.74 Å². The number of esters is 1. The molecule has 4 rings (SSSR count). The number of amides is 2. The van der Waals surface area contributed by atoms with Gasteiger partial charge in [0.25, 0.3) is 5.91 Å². The summed E-state index contributed by atoms with van der Waals surface area (Å²) in [5, 5.41) is 5.68. The van der Waals surface area contributed by atoms with Crippen molar-refractivity contribution in [3.8, 4) is 0 Å². The fourth-order valence-corrected chi connectivity index (χ4v) is 7.40. The van der Waals surface area contributed by atoms with Crippen molar-refractivity contribution in [2.75, 3.05) is 19.0 Å². The third-order valence-corrected chi connectivity index (χ3v) is 10.3. The predicted octanol–water partition coefficient (Wildman–Crippen LogP) is 5.07. The van der Waals surface area contributed by atoms with E-state index < -0.39 is 33.5 Å². The number of halogens is 1. The maximum absolute atomic E-state index is 13.9. The molecule has 0 unspecified atom stereocenters. The van der Waals surface area contributed by atoms with Crippen LogP contribution in [-0.2, 0) is 36.5 Å². The van der Waals surface area contributed by atoms with Crippen molar-refractivity contribution in [1.29, 1.82) is 0 Å². The van der Waals surface area contributed by atoms with Gasteiger partial charge in [-0.15, -0.1) is 0 Å². The molecule has 1 aliphatic rings. The molecule has 0 heterocycles. The molecular formula is C32H36BrN3O6S. The van der Waals surface area contributed by atoms with Gasteiger partial charge in [-0.05, 0) is 71.1 Å². The van der Waals surface area contributed by atoms with Crippen LogP contribution in [0, 0.1) is 0 Å². The van der Waals surface area contributed by atoms with Crippen molar-refractivity contribution < 1.29 is 27.5 Å². The number of carbonyl (C=O) groups is 3. The molecule has 228 valence electrons. The summed E-state index contributed by atoms with van der Waals surface area (Å²) in [4.78, 5) is 39.5. The van der Waals surface area contributed by atoms with E-state index in [1.54, 1.807) is 73.7 Å². The van der Waals surface area contributed by atoms with Crippen molar-refractivity contribution in [3.05, 3.63) is 100 Å². The van der Waals surface area contributed by atoms with Crippen LogP contribution in [0.15, 0.2) is 83.3 Å². The Hall–Kier alpha value is -3.54. The van der Waals surface area contributed by atoms with E-state index in [-0.39, 0.29) is 24.7 Å². The summed E-state index contributed by atoms with van der Waals surface area (Å²) < 4.78 is 34.0. The quantitative estimate of drug-likeness (QED) is 0.260. The lowest BCUT2D eigenvalue weighted by atomic mass is 9.95. The molecule has 43 heavy (non-hydrogen) atoms. The van der Waals surface area contributed by atoms with Gasteiger partial charge in [0.05, 0.1) is 17.9 Å². The number of hydrogen-bond acceptors (Lipinski definition) is 6. The molecule has 0 aromatic heterocycles. The molecule has 9 nitrogen and oxygen atoms in total. The molecular weight excluding hydrogens is 634 g/mol. The Bertz CT molecular complexity index is 1540. The third kappa shape index (κ3) is 7.90. The lowest BCUT2D eigenvalue weighted by Crippen LogP contribution is -2.60. The van der Waals surface area contributed by atoms with E-state index in [1.165, 1.54) is 11.4 Å². The zero-order chi connectivity index (χ0) is 31.0. The highest BCUT2D eigenvalue weighted by Crippen LogP contribution is 2.37. The van der Waals surface area contributed by atoms with Crippen LogP contribution in [0.3, 0.4) is 0 Å². The molecule has 3 aromatic carbocycles. The number of ether oxygens (including phenoxy) is 1. The van der Waals surface area contributed by atoms with Crippen molar-refractivity contribution in [3.63, 3.8) is 0 Å². The van der Waals surface area contributed by atoms with Crippen LogP contribution in [0.5, 0.6) is 0 Å². The summed E-state index contributed by atoms with van der Waals surface area (Å²) in [6, 6.07) is 21.9. The van der Waals surface area contributed by atoms with E-state index in [2.05, 4.69) is 26.6 Å². The number of nitrogens with zero attached hydrogens (tertiary/aromatic N) is 1. The van der Waals surface area contributed by atoms with Gasteiger partial charge in [-0.25, -0.2) is 13.2 Å². The molecule has 1 saturated carbocycles. The zero-order valence-corrected chi connectivity index (χ0v) is 26.6. The van der Waals surface area contributed by atoms with E-state index in [0.717, 1.165) is 5.56 Å². The highest BCUT2D eigenvalue weighted by Gasteiger charge is 2.50. The van der Waals surface area contributed by atoms with E-state index in [1.807, 2.05) is 12.1 Å². The normalized spacial score (nSPS) is 15.1. The number of nitrogens with one attached hydrogen (secondary N) is 2. The molecule has 0 spiro atoms. The van der Waals surface area contributed by atoms with Gasteiger partial charge < -0.3 is 15.4 Å². The van der Waals surface area contributed by atoms with Gasteiger partial charge in [0.2, 0.25) is 15.9 Å². The molecule has 2 N–H and O–H groups in total. The van der Waals surface area contributed by atoms with Crippen LogP contribution in [0.2, 0.25) is 0 Å². The summed E-state index contributed by atoms with van der Waals surface area (Å²) in [5.74, 6) is -1.63. The Kier molecular flexibility index (Phi) is 10.8. The fourth-order valence-electron chi connectivity index (χ4n) is 5.33. The monoisotopic (exact) mass is 669 g/mol. The summed E-state index contributed by atoms with van der Waals surface area (Å²) in [6.45, 7) is 1.81. The van der Waals surface area contributed by atoms with Crippen LogP contribution < -0.4 is 10.6 Å². The number of benzene rings is 3. The van der Waals surface area contributed by atoms with Gasteiger partial charge in [-0.2, -0.15) is 4.31 Å². The van der Waals surface area contributed by atoms with Crippen LogP contribution in [-0.4, -0.2) is 55.7 Å². The lowest BCUT2D eigenvalue weighted by molar-refractivity contribution is -0.148. The van der Waals surface area contributed by atoms with Crippen molar-refractivity contribution >= 4 is 49.4 Å². The summed E-state index contributed by atoms with van der Waals surface area (Å²) >= 11 is 3.38. The first-order valence-corrected chi connectivity index (χ1v) is 16.6. The molecule has 0 bridgehead atoms. The fraction of sp³-hybridized carbons (Fsp3) is 0.344. The standard InChI is InChI=1S/C32H36BrN3O6S/c1-3-42-30(38)28(21-23-15-17-25(18-16-23)34-29(37)26-13-7-8-14-27(26)33)35-31(39)32(19-9-10-20-32)36(2)43(40,41)22-24-11-5-4-6-12-24/h4-8,11-18,28H,3,9-10,19-22H2,1-2H3,(H,34,37)(H,35,39)/t28-/m0/s1. The number of rotatable bonds is 12. The molecule has 11 heteroatoms. The predicted molar refractivity (Wildman–Crippen MR) is 169 cm³/mol. The summed E-state index contributed by atoms with van der Waals surface area (Å²) in [7, 11) is -2.40. The first-order chi connectivity index (χ1) is 20.6. The van der Waals surface area contributed by atoms with Gasteiger partial charge in [-0.1, -0.05) is 67.4 Å². The smallest absolute Gasteiger partial charge is 0.328 e. The SMILES string of the molecule is CCOC(=O)[C@H](Cc1ccc(NC(=O)c2ccccc2Br)cc1)NC(=O)C1(N(C)S(=O)(=O)Cc2ccccc2)CCCC1. The molecule has 0 radical (unpaired) electrons. The highest BCUT2D eigenvalue weighted by atomic mass is 79.9. The second-order valence-corrected chi connectivity index (χ2v) is 13.4. The number of hydrogen-bond donors (Lipinski definition) is 2. The van der Waals surface area contributed by atoms with Crippen LogP contribution in [0.1, 0.15) is 54.1 Å². The van der Waals surface area contributed by atoms with Crippen molar-refractivity contribution in [2.45, 2.75) is 56.4 Å². The number of anilines is 1. The minimum atomic E-state index is -3.84. The Labute approximate surface area is 261 Å². The van der Waals surface area contributed by atoms with Gasteiger partial charge in [0.15, 0.2) is 0 Å². The topological polar surface area (TPSA) is 122 Å². The third-order valence-electron chi connectivity index (χ3n) is 7.71. The lowest BCUT2D eigenvalue weighted by Gasteiger charge is -2.37. The first kappa shape index (κ1) is 32.4. The molecule has 1 aliphatic carbocycles. The number of likely N-dealkylation sites (N-methyl/N-ethyl adjacent to an activating group) is 1.